The first-order chi connectivity index (χ1) is 7.15. The maximum absolute atomic E-state index is 11.6. The van der Waals surface area contributed by atoms with E-state index in [9.17, 15) is 4.79 Å². The first-order valence-corrected chi connectivity index (χ1v) is 4.69. The van der Waals surface area contributed by atoms with E-state index >= 15 is 0 Å². The number of nitrogens with zero attached hydrogens (tertiary/aromatic N) is 1. The molecule has 0 aliphatic rings. The van der Waals surface area contributed by atoms with Crippen LogP contribution in [0.5, 0.6) is 5.75 Å². The summed E-state index contributed by atoms with van der Waals surface area (Å²) >= 11 is 0. The Balaban J connectivity index is 2.63. The summed E-state index contributed by atoms with van der Waals surface area (Å²) in [6.07, 6.45) is 0.355. The molecule has 0 aromatic heterocycles. The maximum atomic E-state index is 11.6. The van der Waals surface area contributed by atoms with Crippen LogP contribution in [0.25, 0.3) is 0 Å². The number of ether oxygens (including phenoxy) is 1. The Morgan fingerprint density at radius 1 is 1.40 bits per heavy atom. The molecule has 0 unspecified atom stereocenters. The third-order valence-corrected chi connectivity index (χ3v) is 2.13. The fourth-order valence-electron chi connectivity index (χ4n) is 1.18. The van der Waals surface area contributed by atoms with Crippen molar-refractivity contribution < 1.29 is 14.6 Å². The van der Waals surface area contributed by atoms with Gasteiger partial charge in [0, 0.05) is 19.8 Å². The lowest BCUT2D eigenvalue weighted by Gasteiger charge is -2.16. The molecule has 0 aliphatic heterocycles. The van der Waals surface area contributed by atoms with Crippen LogP contribution in [-0.2, 0) is 9.53 Å². The minimum atomic E-state index is -0.0115. The van der Waals surface area contributed by atoms with Crippen LogP contribution >= 0.6 is 0 Å². The lowest BCUT2D eigenvalue weighted by atomic mass is 10.2. The van der Waals surface area contributed by atoms with Gasteiger partial charge in [-0.1, -0.05) is 0 Å². The Bertz CT molecular complexity index is 321. The number of hydrogen-bond acceptors (Lipinski definition) is 3. The molecule has 4 nitrogen and oxygen atoms in total. The molecule has 0 fully saturated rings. The summed E-state index contributed by atoms with van der Waals surface area (Å²) in [5.74, 6) is 0.180. The van der Waals surface area contributed by atoms with E-state index < -0.39 is 0 Å². The van der Waals surface area contributed by atoms with Crippen molar-refractivity contribution in [3.05, 3.63) is 24.3 Å². The topological polar surface area (TPSA) is 49.8 Å². The second kappa shape index (κ2) is 5.36. The maximum Gasteiger partial charge on any atom is 0.229 e. The normalized spacial score (nSPS) is 10.0. The zero-order valence-electron chi connectivity index (χ0n) is 8.93. The van der Waals surface area contributed by atoms with Gasteiger partial charge in [-0.3, -0.25) is 4.79 Å². The molecule has 4 heteroatoms. The smallest absolute Gasteiger partial charge is 0.229 e. The Morgan fingerprint density at radius 3 is 2.53 bits per heavy atom. The van der Waals surface area contributed by atoms with Crippen molar-refractivity contribution in [2.75, 3.05) is 25.7 Å². The van der Waals surface area contributed by atoms with Crippen molar-refractivity contribution in [2.24, 2.45) is 0 Å². The number of anilines is 1. The summed E-state index contributed by atoms with van der Waals surface area (Å²) in [5.41, 5.74) is 0.758. The first kappa shape index (κ1) is 11.5. The molecule has 0 radical (unpaired) electrons. The molecular formula is C11H15NO3. The van der Waals surface area contributed by atoms with Crippen LogP contribution in [0, 0.1) is 0 Å². The van der Waals surface area contributed by atoms with E-state index in [-0.39, 0.29) is 11.7 Å². The number of carbonyl (C=O) groups excluding carboxylic acids is 1. The molecule has 1 aromatic carbocycles. The van der Waals surface area contributed by atoms with Gasteiger partial charge in [0.2, 0.25) is 5.91 Å². The molecule has 1 aromatic rings. The van der Waals surface area contributed by atoms with E-state index in [1.807, 2.05) is 0 Å². The van der Waals surface area contributed by atoms with E-state index in [2.05, 4.69) is 0 Å². The van der Waals surface area contributed by atoms with Crippen LogP contribution in [0.3, 0.4) is 0 Å². The molecule has 1 amide bonds. The quantitative estimate of drug-likeness (QED) is 0.815. The number of methoxy groups -OCH3 is 1. The van der Waals surface area contributed by atoms with Crippen LogP contribution in [0.4, 0.5) is 5.69 Å². The highest BCUT2D eigenvalue weighted by atomic mass is 16.5. The highest BCUT2D eigenvalue weighted by Gasteiger charge is 2.09. The number of hydrogen-bond donors (Lipinski definition) is 1. The SMILES string of the molecule is COCCC(=O)N(C)c1ccc(O)cc1. The Kier molecular flexibility index (Phi) is 4.12. The molecule has 0 saturated carbocycles. The van der Waals surface area contributed by atoms with Crippen molar-refractivity contribution in [1.29, 1.82) is 0 Å². The van der Waals surface area contributed by atoms with Gasteiger partial charge < -0.3 is 14.7 Å². The first-order valence-electron chi connectivity index (χ1n) is 4.69. The second-order valence-corrected chi connectivity index (χ2v) is 3.21. The fourth-order valence-corrected chi connectivity index (χ4v) is 1.18. The highest BCUT2D eigenvalue weighted by molar-refractivity contribution is 5.92. The van der Waals surface area contributed by atoms with Crippen molar-refractivity contribution in [3.8, 4) is 5.75 Å². The minimum absolute atomic E-state index is 0.0115. The van der Waals surface area contributed by atoms with Crippen molar-refractivity contribution in [3.63, 3.8) is 0 Å². The molecule has 0 spiro atoms. The Hall–Kier alpha value is -1.55. The Labute approximate surface area is 89.1 Å². The molecule has 0 bridgehead atoms. The molecular weight excluding hydrogens is 194 g/mol. The van der Waals surface area contributed by atoms with Crippen LogP contribution in [-0.4, -0.2) is 31.8 Å². The molecule has 1 N–H and O–H groups in total. The van der Waals surface area contributed by atoms with Crippen LogP contribution in [0.2, 0.25) is 0 Å². The molecule has 0 saturated heterocycles. The number of rotatable bonds is 4. The Morgan fingerprint density at radius 2 is 2.00 bits per heavy atom. The zero-order chi connectivity index (χ0) is 11.3. The minimum Gasteiger partial charge on any atom is -0.508 e. The number of phenolic OH excluding ortho intramolecular Hbond substituents is 1. The zero-order valence-corrected chi connectivity index (χ0v) is 8.93. The van der Waals surface area contributed by atoms with Gasteiger partial charge in [0.15, 0.2) is 0 Å². The van der Waals surface area contributed by atoms with E-state index in [0.717, 1.165) is 5.69 Å². The number of amides is 1. The van der Waals surface area contributed by atoms with Gasteiger partial charge in [-0.2, -0.15) is 0 Å². The van der Waals surface area contributed by atoms with Crippen LogP contribution < -0.4 is 4.90 Å². The lowest BCUT2D eigenvalue weighted by molar-refractivity contribution is -0.119. The molecule has 82 valence electrons. The molecule has 1 rings (SSSR count). The number of aromatic hydroxyl groups is 1. The summed E-state index contributed by atoms with van der Waals surface area (Å²) < 4.78 is 4.83. The summed E-state index contributed by atoms with van der Waals surface area (Å²) in [7, 11) is 3.26. The van der Waals surface area contributed by atoms with Gasteiger partial charge in [-0.05, 0) is 24.3 Å². The predicted octanol–water partition coefficient (Wildman–Crippen LogP) is 1.39. The van der Waals surface area contributed by atoms with Gasteiger partial charge >= 0.3 is 0 Å². The van der Waals surface area contributed by atoms with Crippen molar-refractivity contribution in [2.45, 2.75) is 6.42 Å². The lowest BCUT2D eigenvalue weighted by Crippen LogP contribution is -2.26. The van der Waals surface area contributed by atoms with Crippen molar-refractivity contribution in [1.82, 2.24) is 0 Å². The number of phenols is 1. The van der Waals surface area contributed by atoms with E-state index in [0.29, 0.717) is 13.0 Å². The molecule has 0 aliphatic carbocycles. The van der Waals surface area contributed by atoms with Gasteiger partial charge in [-0.25, -0.2) is 0 Å². The van der Waals surface area contributed by atoms with E-state index in [1.54, 1.807) is 43.3 Å². The van der Waals surface area contributed by atoms with Crippen LogP contribution in [0.1, 0.15) is 6.42 Å². The number of benzene rings is 1. The average molecular weight is 209 g/mol. The van der Waals surface area contributed by atoms with Gasteiger partial charge in [0.05, 0.1) is 13.0 Å². The molecule has 15 heavy (non-hydrogen) atoms. The van der Waals surface area contributed by atoms with Crippen molar-refractivity contribution >= 4 is 11.6 Å². The van der Waals surface area contributed by atoms with Gasteiger partial charge in [-0.15, -0.1) is 0 Å². The standard InChI is InChI=1S/C11H15NO3/c1-12(11(14)7-8-15-2)9-3-5-10(13)6-4-9/h3-6,13H,7-8H2,1-2H3. The van der Waals surface area contributed by atoms with Crippen LogP contribution in [0.15, 0.2) is 24.3 Å². The predicted molar refractivity (Wildman–Crippen MR) is 58.0 cm³/mol. The van der Waals surface area contributed by atoms with E-state index in [4.69, 9.17) is 9.84 Å². The molecule has 0 atom stereocenters. The third-order valence-electron chi connectivity index (χ3n) is 2.13. The molecule has 0 heterocycles. The average Bonchev–Trinajstić information content (AvgIpc) is 2.26. The van der Waals surface area contributed by atoms with E-state index in [1.165, 1.54) is 0 Å². The summed E-state index contributed by atoms with van der Waals surface area (Å²) in [4.78, 5) is 13.1. The monoisotopic (exact) mass is 209 g/mol. The highest BCUT2D eigenvalue weighted by Crippen LogP contribution is 2.17. The number of carbonyl (C=O) groups is 1. The summed E-state index contributed by atoms with van der Waals surface area (Å²) in [6, 6.07) is 6.49. The third kappa shape index (κ3) is 3.25. The largest absolute Gasteiger partial charge is 0.508 e. The van der Waals surface area contributed by atoms with Gasteiger partial charge in [0.1, 0.15) is 5.75 Å². The second-order valence-electron chi connectivity index (χ2n) is 3.21. The fraction of sp³-hybridized carbons (Fsp3) is 0.364. The summed E-state index contributed by atoms with van der Waals surface area (Å²) in [5, 5.41) is 9.10. The van der Waals surface area contributed by atoms with Gasteiger partial charge in [0.25, 0.3) is 0 Å². The summed E-state index contributed by atoms with van der Waals surface area (Å²) in [6.45, 7) is 0.418.